The van der Waals surface area contributed by atoms with Gasteiger partial charge < -0.3 is 5.53 Å². The molecule has 0 bridgehead atoms. The highest BCUT2D eigenvalue weighted by atomic mass is 16.1. The molecule has 0 unspecified atom stereocenters. The van der Waals surface area contributed by atoms with Crippen LogP contribution in [0.4, 0.5) is 0 Å². The molecule has 0 saturated heterocycles. The van der Waals surface area contributed by atoms with Crippen LogP contribution in [0.2, 0.25) is 0 Å². The van der Waals surface area contributed by atoms with E-state index in [-0.39, 0.29) is 0 Å². The zero-order chi connectivity index (χ0) is 7.40. The molecule has 1 aliphatic rings. The quantitative estimate of drug-likeness (QED) is 0.296. The summed E-state index contributed by atoms with van der Waals surface area (Å²) < 4.78 is 0. The van der Waals surface area contributed by atoms with Crippen molar-refractivity contribution in [3.8, 4) is 0 Å². The first-order valence-electron chi connectivity index (χ1n) is 2.91. The fourth-order valence-electron chi connectivity index (χ4n) is 0.712. The van der Waals surface area contributed by atoms with Crippen molar-refractivity contribution in [2.45, 2.75) is 6.42 Å². The number of carbonyl (C=O) groups is 1. The Kier molecular flexibility index (Phi) is 1.92. The van der Waals surface area contributed by atoms with Gasteiger partial charge in [-0.25, -0.2) is 0 Å². The summed E-state index contributed by atoms with van der Waals surface area (Å²) in [7, 11) is 0. The summed E-state index contributed by atoms with van der Waals surface area (Å²) in [6.07, 6.45) is 6.24. The molecule has 1 rings (SSSR count). The van der Waals surface area contributed by atoms with E-state index >= 15 is 0 Å². The Balaban J connectivity index is 2.81. The lowest BCUT2D eigenvalue weighted by Crippen LogP contribution is -1.98. The van der Waals surface area contributed by atoms with Gasteiger partial charge in [-0.05, 0) is 6.08 Å². The predicted molar refractivity (Wildman–Crippen MR) is 36.5 cm³/mol. The molecule has 3 nitrogen and oxygen atoms in total. The van der Waals surface area contributed by atoms with Gasteiger partial charge >= 0.3 is 0 Å². The topological polar surface area (TPSA) is 53.5 Å². The zero-order valence-electron chi connectivity index (χ0n) is 5.32. The van der Waals surface area contributed by atoms with E-state index in [4.69, 9.17) is 5.53 Å². The van der Waals surface area contributed by atoms with Crippen LogP contribution in [0.5, 0.6) is 0 Å². The molecule has 0 fully saturated rings. The number of allylic oxidation sites excluding steroid dienone is 4. The molecule has 0 atom stereocenters. The fraction of sp³-hybridized carbons (Fsp3) is 0.143. The first-order valence-corrected chi connectivity index (χ1v) is 2.91. The summed E-state index contributed by atoms with van der Waals surface area (Å²) in [5.74, 6) is 0. The molecule has 50 valence electrons. The second kappa shape index (κ2) is 2.90. The summed E-state index contributed by atoms with van der Waals surface area (Å²) in [5, 5.41) is 0. The van der Waals surface area contributed by atoms with Crippen molar-refractivity contribution < 1.29 is 9.58 Å². The minimum atomic E-state index is 0.529. The number of hydrogen-bond donors (Lipinski definition) is 0. The van der Waals surface area contributed by atoms with Crippen molar-refractivity contribution in [1.29, 1.82) is 0 Å². The third kappa shape index (κ3) is 1.27. The average molecular weight is 134 g/mol. The van der Waals surface area contributed by atoms with Gasteiger partial charge in [0.05, 0.1) is 6.42 Å². The lowest BCUT2D eigenvalue weighted by atomic mass is 10.1. The van der Waals surface area contributed by atoms with E-state index in [9.17, 15) is 4.79 Å². The normalized spacial score (nSPS) is 16.0. The molecule has 0 N–H and O–H groups in total. The van der Waals surface area contributed by atoms with Crippen LogP contribution in [-0.4, -0.2) is 16.8 Å². The van der Waals surface area contributed by atoms with Crippen LogP contribution in [0.1, 0.15) is 6.42 Å². The molecule has 1 aliphatic carbocycles. The first-order chi connectivity index (χ1) is 4.86. The van der Waals surface area contributed by atoms with E-state index in [1.165, 1.54) is 0 Å². The van der Waals surface area contributed by atoms with Gasteiger partial charge in [0.2, 0.25) is 0 Å². The van der Waals surface area contributed by atoms with E-state index in [2.05, 4.69) is 4.79 Å². The molecule has 0 aliphatic heterocycles. The monoisotopic (exact) mass is 134 g/mol. The second-order valence-electron chi connectivity index (χ2n) is 1.95. The van der Waals surface area contributed by atoms with Crippen LogP contribution in [0, 0.1) is 0 Å². The number of aldehydes is 1. The average Bonchev–Trinajstić information content (AvgIpc) is 2.05. The Bertz CT molecular complexity index is 257. The summed E-state index contributed by atoms with van der Waals surface area (Å²) in [5.41, 5.74) is 9.48. The highest BCUT2D eigenvalue weighted by Gasteiger charge is 2.05. The van der Waals surface area contributed by atoms with Crippen LogP contribution in [0.3, 0.4) is 0 Å². The number of hydrogen-bond acceptors (Lipinski definition) is 1. The predicted octanol–water partition coefficient (Wildman–Crippen LogP) is 0.742. The lowest BCUT2D eigenvalue weighted by molar-refractivity contribution is -0.104. The Labute approximate surface area is 58.3 Å². The van der Waals surface area contributed by atoms with Crippen molar-refractivity contribution in [2.75, 3.05) is 0 Å². The van der Waals surface area contributed by atoms with E-state index in [0.29, 0.717) is 17.7 Å². The maximum Gasteiger partial charge on any atom is 0.295 e. The van der Waals surface area contributed by atoms with Crippen molar-refractivity contribution in [1.82, 2.24) is 0 Å². The molecular formula is C7H6N2O. The van der Waals surface area contributed by atoms with Crippen LogP contribution >= 0.6 is 0 Å². The van der Waals surface area contributed by atoms with E-state index in [1.54, 1.807) is 18.2 Å². The van der Waals surface area contributed by atoms with E-state index in [1.807, 2.05) is 0 Å². The van der Waals surface area contributed by atoms with Gasteiger partial charge in [0, 0.05) is 11.6 Å². The van der Waals surface area contributed by atoms with Crippen LogP contribution < -0.4 is 0 Å². The minimum Gasteiger partial charge on any atom is -0.361 e. The van der Waals surface area contributed by atoms with Crippen LogP contribution in [0.25, 0.3) is 5.53 Å². The van der Waals surface area contributed by atoms with E-state index in [0.717, 1.165) is 6.29 Å². The Morgan fingerprint density at radius 3 is 2.80 bits per heavy atom. The molecule has 0 spiro atoms. The van der Waals surface area contributed by atoms with Crippen molar-refractivity contribution in [3.63, 3.8) is 0 Å². The standard InChI is InChI=1S/C7H6N2O/c8-9-7-3-1-6(5-10)2-4-7/h1-3,5H,4H2. The summed E-state index contributed by atoms with van der Waals surface area (Å²) in [6.45, 7) is 0. The van der Waals surface area contributed by atoms with Gasteiger partial charge in [0.1, 0.15) is 6.29 Å². The molecule has 3 heteroatoms. The Morgan fingerprint density at radius 2 is 2.40 bits per heavy atom. The van der Waals surface area contributed by atoms with E-state index < -0.39 is 0 Å². The van der Waals surface area contributed by atoms with Crippen molar-refractivity contribution in [2.24, 2.45) is 0 Å². The molecule has 0 amide bonds. The maximum absolute atomic E-state index is 10.1. The summed E-state index contributed by atoms with van der Waals surface area (Å²) in [6, 6.07) is 0. The van der Waals surface area contributed by atoms with Gasteiger partial charge in [-0.15, -0.1) is 0 Å². The Hall–Kier alpha value is -1.47. The van der Waals surface area contributed by atoms with Crippen molar-refractivity contribution >= 4 is 12.0 Å². The molecule has 0 aromatic carbocycles. The molecule has 10 heavy (non-hydrogen) atoms. The molecule has 0 aromatic heterocycles. The van der Waals surface area contributed by atoms with Gasteiger partial charge in [-0.2, -0.15) is 4.79 Å². The molecular weight excluding hydrogens is 128 g/mol. The highest BCUT2D eigenvalue weighted by Crippen LogP contribution is 2.03. The zero-order valence-corrected chi connectivity index (χ0v) is 5.32. The Morgan fingerprint density at radius 1 is 1.60 bits per heavy atom. The lowest BCUT2D eigenvalue weighted by Gasteiger charge is -1.93. The van der Waals surface area contributed by atoms with Gasteiger partial charge in [-0.1, -0.05) is 6.08 Å². The van der Waals surface area contributed by atoms with Crippen LogP contribution in [0.15, 0.2) is 23.8 Å². The largest absolute Gasteiger partial charge is 0.361 e. The highest BCUT2D eigenvalue weighted by molar-refractivity contribution is 5.96. The van der Waals surface area contributed by atoms with Gasteiger partial charge in [-0.3, -0.25) is 4.79 Å². The molecule has 0 heterocycles. The second-order valence-corrected chi connectivity index (χ2v) is 1.95. The molecule has 0 aromatic rings. The van der Waals surface area contributed by atoms with Crippen LogP contribution in [-0.2, 0) is 4.79 Å². The molecule has 0 saturated carbocycles. The number of carbonyl (C=O) groups excluding carboxylic acids is 1. The van der Waals surface area contributed by atoms with Gasteiger partial charge in [0.25, 0.3) is 5.71 Å². The van der Waals surface area contributed by atoms with Crippen molar-refractivity contribution in [3.05, 3.63) is 29.3 Å². The smallest absolute Gasteiger partial charge is 0.295 e. The first kappa shape index (κ1) is 6.65. The SMILES string of the molecule is [N-]=[N+]=C1C=CC(C=O)=CC1. The number of rotatable bonds is 1. The van der Waals surface area contributed by atoms with Gasteiger partial charge in [0.15, 0.2) is 0 Å². The molecule has 0 radical (unpaired) electrons. The third-order valence-electron chi connectivity index (χ3n) is 1.28. The summed E-state index contributed by atoms with van der Waals surface area (Å²) >= 11 is 0. The third-order valence-corrected chi connectivity index (χ3v) is 1.28. The number of nitrogens with zero attached hydrogens (tertiary/aromatic N) is 2. The minimum absolute atomic E-state index is 0.529. The maximum atomic E-state index is 10.1. The fourth-order valence-corrected chi connectivity index (χ4v) is 0.712. The summed E-state index contributed by atoms with van der Waals surface area (Å²) in [4.78, 5) is 13.1.